The van der Waals surface area contributed by atoms with E-state index in [0.717, 1.165) is 31.4 Å². The molecule has 0 radical (unpaired) electrons. The molecular weight excluding hydrogens is 200 g/mol. The fraction of sp³-hybridized carbons (Fsp3) is 0.615. The van der Waals surface area contributed by atoms with Gasteiger partial charge in [-0.25, -0.2) is 0 Å². The third kappa shape index (κ3) is 2.11. The third-order valence-corrected chi connectivity index (χ3v) is 3.76. The maximum absolute atomic E-state index is 9.58. The van der Waals surface area contributed by atoms with Gasteiger partial charge in [-0.1, -0.05) is 0 Å². The lowest BCUT2D eigenvalue weighted by Crippen LogP contribution is -2.40. The molecule has 0 saturated heterocycles. The molecule has 1 heterocycles. The van der Waals surface area contributed by atoms with Gasteiger partial charge in [0.15, 0.2) is 0 Å². The first-order valence-electron chi connectivity index (χ1n) is 5.97. The van der Waals surface area contributed by atoms with Crippen molar-refractivity contribution in [2.45, 2.75) is 44.1 Å². The molecule has 0 bridgehead atoms. The van der Waals surface area contributed by atoms with Gasteiger partial charge >= 0.3 is 0 Å². The minimum absolute atomic E-state index is 0.00868. The number of aryl methyl sites for hydroxylation is 1. The Kier molecular flexibility index (Phi) is 3.26. The molecule has 3 N–H and O–H groups in total. The maximum Gasteiger partial charge on any atom is 0.0541 e. The molecule has 3 heteroatoms. The summed E-state index contributed by atoms with van der Waals surface area (Å²) >= 11 is 0. The van der Waals surface area contributed by atoms with Crippen LogP contribution in [-0.2, 0) is 5.41 Å². The van der Waals surface area contributed by atoms with Gasteiger partial charge < -0.3 is 10.8 Å². The highest BCUT2D eigenvalue weighted by atomic mass is 16.3. The second-order valence-corrected chi connectivity index (χ2v) is 4.93. The van der Waals surface area contributed by atoms with Crippen LogP contribution in [0.2, 0.25) is 0 Å². The lowest BCUT2D eigenvalue weighted by atomic mass is 9.70. The van der Waals surface area contributed by atoms with Gasteiger partial charge in [0.2, 0.25) is 0 Å². The molecule has 3 nitrogen and oxygen atoms in total. The fourth-order valence-corrected chi connectivity index (χ4v) is 2.55. The van der Waals surface area contributed by atoms with Crippen LogP contribution in [-0.4, -0.2) is 22.7 Å². The summed E-state index contributed by atoms with van der Waals surface area (Å²) in [5.74, 6) is 0. The van der Waals surface area contributed by atoms with E-state index < -0.39 is 0 Å². The van der Waals surface area contributed by atoms with Crippen LogP contribution < -0.4 is 5.73 Å². The van der Waals surface area contributed by atoms with E-state index in [4.69, 9.17) is 5.73 Å². The van der Waals surface area contributed by atoms with E-state index in [1.54, 1.807) is 0 Å². The van der Waals surface area contributed by atoms with Crippen molar-refractivity contribution >= 4 is 0 Å². The van der Waals surface area contributed by atoms with Crippen molar-refractivity contribution in [2.24, 2.45) is 5.73 Å². The van der Waals surface area contributed by atoms with Crippen LogP contribution in [0.1, 0.15) is 36.9 Å². The Hall–Kier alpha value is -0.930. The molecule has 1 saturated carbocycles. The van der Waals surface area contributed by atoms with Crippen LogP contribution in [0.25, 0.3) is 0 Å². The molecule has 0 spiro atoms. The van der Waals surface area contributed by atoms with Crippen LogP contribution in [0.15, 0.2) is 18.3 Å². The summed E-state index contributed by atoms with van der Waals surface area (Å²) < 4.78 is 0. The van der Waals surface area contributed by atoms with Crippen molar-refractivity contribution in [2.75, 3.05) is 6.54 Å². The van der Waals surface area contributed by atoms with Crippen LogP contribution in [0.3, 0.4) is 0 Å². The number of hydrogen-bond acceptors (Lipinski definition) is 3. The minimum atomic E-state index is -0.149. The third-order valence-electron chi connectivity index (χ3n) is 3.76. The summed E-state index contributed by atoms with van der Waals surface area (Å²) in [6.07, 6.45) is 5.28. The first-order valence-corrected chi connectivity index (χ1v) is 5.97. The van der Waals surface area contributed by atoms with Gasteiger partial charge in [0.25, 0.3) is 0 Å². The maximum atomic E-state index is 9.58. The van der Waals surface area contributed by atoms with Crippen molar-refractivity contribution in [1.82, 2.24) is 4.98 Å². The van der Waals surface area contributed by atoms with Crippen LogP contribution in [0, 0.1) is 6.92 Å². The van der Waals surface area contributed by atoms with Gasteiger partial charge in [0.05, 0.1) is 6.10 Å². The van der Waals surface area contributed by atoms with Gasteiger partial charge in [-0.2, -0.15) is 0 Å². The minimum Gasteiger partial charge on any atom is -0.393 e. The smallest absolute Gasteiger partial charge is 0.0541 e. The van der Waals surface area contributed by atoms with Gasteiger partial charge in [-0.3, -0.25) is 4.98 Å². The van der Waals surface area contributed by atoms with E-state index in [0.29, 0.717) is 6.54 Å². The molecule has 0 aromatic carbocycles. The lowest BCUT2D eigenvalue weighted by molar-refractivity contribution is 0.0962. The molecule has 1 aromatic rings. The second kappa shape index (κ2) is 4.52. The summed E-state index contributed by atoms with van der Waals surface area (Å²) in [6, 6.07) is 4.13. The normalized spacial score (nSPS) is 30.3. The molecule has 2 rings (SSSR count). The zero-order valence-electron chi connectivity index (χ0n) is 9.82. The predicted molar refractivity (Wildman–Crippen MR) is 64.2 cm³/mol. The van der Waals surface area contributed by atoms with Crippen molar-refractivity contribution < 1.29 is 5.11 Å². The molecule has 0 amide bonds. The summed E-state index contributed by atoms with van der Waals surface area (Å²) in [7, 11) is 0. The monoisotopic (exact) mass is 220 g/mol. The van der Waals surface area contributed by atoms with Gasteiger partial charge in [-0.15, -0.1) is 0 Å². The first-order chi connectivity index (χ1) is 7.66. The molecule has 0 atom stereocenters. The standard InChI is InChI=1S/C13H20N2O/c1-10-4-7-15-12(8-10)13(9-14)5-2-11(16)3-6-13/h4,7-8,11,16H,2-3,5-6,9,14H2,1H3. The zero-order valence-corrected chi connectivity index (χ0v) is 9.82. The largest absolute Gasteiger partial charge is 0.393 e. The number of nitrogens with zero attached hydrogens (tertiary/aromatic N) is 1. The average Bonchev–Trinajstić information content (AvgIpc) is 2.31. The van der Waals surface area contributed by atoms with Gasteiger partial charge in [0, 0.05) is 23.9 Å². The highest BCUT2D eigenvalue weighted by molar-refractivity contribution is 5.23. The number of hydrogen-bond donors (Lipinski definition) is 2. The van der Waals surface area contributed by atoms with Crippen LogP contribution >= 0.6 is 0 Å². The summed E-state index contributed by atoms with van der Waals surface area (Å²) in [5.41, 5.74) is 8.26. The Labute approximate surface area is 96.7 Å². The van der Waals surface area contributed by atoms with Gasteiger partial charge in [-0.05, 0) is 50.3 Å². The number of nitrogens with two attached hydrogens (primary N) is 1. The molecule has 1 fully saturated rings. The molecule has 16 heavy (non-hydrogen) atoms. The molecule has 1 aliphatic carbocycles. The Morgan fingerprint density at radius 1 is 1.50 bits per heavy atom. The second-order valence-electron chi connectivity index (χ2n) is 4.93. The number of aliphatic hydroxyl groups is 1. The molecule has 88 valence electrons. The summed E-state index contributed by atoms with van der Waals surface area (Å²) in [6.45, 7) is 2.70. The fourth-order valence-electron chi connectivity index (χ4n) is 2.55. The summed E-state index contributed by atoms with van der Waals surface area (Å²) in [4.78, 5) is 4.47. The first kappa shape index (κ1) is 11.6. The van der Waals surface area contributed by atoms with Crippen molar-refractivity contribution in [3.8, 4) is 0 Å². The quantitative estimate of drug-likeness (QED) is 0.794. The van der Waals surface area contributed by atoms with Crippen molar-refractivity contribution in [3.63, 3.8) is 0 Å². The highest BCUT2D eigenvalue weighted by Gasteiger charge is 2.36. The van der Waals surface area contributed by atoms with E-state index in [1.807, 2.05) is 12.3 Å². The average molecular weight is 220 g/mol. The Morgan fingerprint density at radius 3 is 2.75 bits per heavy atom. The lowest BCUT2D eigenvalue weighted by Gasteiger charge is -2.37. The molecule has 0 aliphatic heterocycles. The number of pyridine rings is 1. The van der Waals surface area contributed by atoms with E-state index in [1.165, 1.54) is 5.56 Å². The Bertz CT molecular complexity index is 357. The summed E-state index contributed by atoms with van der Waals surface area (Å²) in [5, 5.41) is 9.58. The topological polar surface area (TPSA) is 59.1 Å². The Balaban J connectivity index is 2.28. The van der Waals surface area contributed by atoms with Crippen molar-refractivity contribution in [1.29, 1.82) is 0 Å². The van der Waals surface area contributed by atoms with E-state index in [9.17, 15) is 5.11 Å². The van der Waals surface area contributed by atoms with Gasteiger partial charge in [0.1, 0.15) is 0 Å². The van der Waals surface area contributed by atoms with E-state index >= 15 is 0 Å². The van der Waals surface area contributed by atoms with E-state index in [-0.39, 0.29) is 11.5 Å². The Morgan fingerprint density at radius 2 is 2.19 bits per heavy atom. The zero-order chi connectivity index (χ0) is 11.6. The predicted octanol–water partition coefficient (Wildman–Crippen LogP) is 1.52. The number of rotatable bonds is 2. The SMILES string of the molecule is Cc1ccnc(C2(CN)CCC(O)CC2)c1. The molecular formula is C13H20N2O. The molecule has 1 aliphatic rings. The number of aliphatic hydroxyl groups excluding tert-OH is 1. The van der Waals surface area contributed by atoms with Crippen LogP contribution in [0.4, 0.5) is 0 Å². The highest BCUT2D eigenvalue weighted by Crippen LogP contribution is 2.37. The van der Waals surface area contributed by atoms with Crippen LogP contribution in [0.5, 0.6) is 0 Å². The van der Waals surface area contributed by atoms with E-state index in [2.05, 4.69) is 18.0 Å². The molecule has 1 aromatic heterocycles. The number of aromatic nitrogens is 1. The molecule has 0 unspecified atom stereocenters. The van der Waals surface area contributed by atoms with Crippen molar-refractivity contribution in [3.05, 3.63) is 29.6 Å².